The van der Waals surface area contributed by atoms with Gasteiger partial charge in [-0.15, -0.1) is 0 Å². The number of H-pyrrole nitrogens is 1. The number of methoxy groups -OCH3 is 1. The lowest BCUT2D eigenvalue weighted by atomic mass is 10.1. The normalized spacial score (nSPS) is 10.4. The molecule has 1 aromatic heterocycles. The van der Waals surface area contributed by atoms with Crippen molar-refractivity contribution in [3.05, 3.63) is 53.6 Å². The van der Waals surface area contributed by atoms with E-state index < -0.39 is 0 Å². The third-order valence-corrected chi connectivity index (χ3v) is 3.55. The van der Waals surface area contributed by atoms with Gasteiger partial charge in [-0.2, -0.15) is 5.26 Å². The molecule has 3 aromatic rings. The number of fused-ring (bicyclic) bond motifs is 1. The molecule has 3 heteroatoms. The van der Waals surface area contributed by atoms with Crippen molar-refractivity contribution in [1.29, 1.82) is 5.26 Å². The fraction of sp³-hybridized carbons (Fsp3) is 0.118. The van der Waals surface area contributed by atoms with Gasteiger partial charge in [0.25, 0.3) is 0 Å². The molecule has 0 saturated carbocycles. The van der Waals surface area contributed by atoms with E-state index in [1.54, 1.807) is 7.11 Å². The van der Waals surface area contributed by atoms with Gasteiger partial charge in [-0.25, -0.2) is 0 Å². The lowest BCUT2D eigenvalue weighted by molar-refractivity contribution is 0.415. The molecule has 20 heavy (non-hydrogen) atoms. The molecular weight excluding hydrogens is 248 g/mol. The van der Waals surface area contributed by atoms with Gasteiger partial charge in [0.2, 0.25) is 0 Å². The topological polar surface area (TPSA) is 48.8 Å². The van der Waals surface area contributed by atoms with Crippen molar-refractivity contribution in [2.75, 3.05) is 7.11 Å². The Kier molecular flexibility index (Phi) is 2.92. The predicted octanol–water partition coefficient (Wildman–Crippen LogP) is 4.02. The zero-order chi connectivity index (χ0) is 14.1. The molecule has 2 aromatic carbocycles. The molecule has 0 saturated heterocycles. The first kappa shape index (κ1) is 12.3. The summed E-state index contributed by atoms with van der Waals surface area (Å²) in [7, 11) is 1.66. The van der Waals surface area contributed by atoms with Crippen LogP contribution >= 0.6 is 0 Å². The van der Waals surface area contributed by atoms with Crippen LogP contribution in [0, 0.1) is 18.3 Å². The summed E-state index contributed by atoms with van der Waals surface area (Å²) in [4.78, 5) is 3.42. The van der Waals surface area contributed by atoms with Crippen LogP contribution in [-0.2, 0) is 0 Å². The van der Waals surface area contributed by atoms with E-state index in [-0.39, 0.29) is 0 Å². The quantitative estimate of drug-likeness (QED) is 0.758. The average Bonchev–Trinajstić information content (AvgIpc) is 2.84. The minimum atomic E-state index is 0.678. The van der Waals surface area contributed by atoms with Crippen LogP contribution in [0.2, 0.25) is 0 Å². The van der Waals surface area contributed by atoms with E-state index in [1.807, 2.05) is 42.5 Å². The van der Waals surface area contributed by atoms with Gasteiger partial charge in [-0.1, -0.05) is 12.1 Å². The summed E-state index contributed by atoms with van der Waals surface area (Å²) < 4.78 is 5.27. The smallest absolute Gasteiger partial charge is 0.119 e. The van der Waals surface area contributed by atoms with E-state index in [4.69, 9.17) is 10.00 Å². The van der Waals surface area contributed by atoms with Gasteiger partial charge in [-0.05, 0) is 42.8 Å². The summed E-state index contributed by atoms with van der Waals surface area (Å²) in [5.41, 5.74) is 5.01. The number of nitriles is 1. The van der Waals surface area contributed by atoms with Crippen LogP contribution in [-0.4, -0.2) is 12.1 Å². The molecule has 0 fully saturated rings. The zero-order valence-electron chi connectivity index (χ0n) is 11.4. The van der Waals surface area contributed by atoms with Crippen molar-refractivity contribution in [3.8, 4) is 23.1 Å². The first-order valence-corrected chi connectivity index (χ1v) is 6.40. The number of aromatic amines is 1. The molecule has 0 radical (unpaired) electrons. The molecule has 1 N–H and O–H groups in total. The fourth-order valence-corrected chi connectivity index (χ4v) is 2.46. The molecule has 3 nitrogen and oxygen atoms in total. The summed E-state index contributed by atoms with van der Waals surface area (Å²) in [5, 5.41) is 10.1. The maximum Gasteiger partial charge on any atom is 0.119 e. The van der Waals surface area contributed by atoms with E-state index in [1.165, 1.54) is 0 Å². The Bertz CT molecular complexity index is 825. The number of nitrogens with zero attached hydrogens (tertiary/aromatic N) is 1. The van der Waals surface area contributed by atoms with Crippen LogP contribution in [0.5, 0.6) is 5.75 Å². The third kappa shape index (κ3) is 1.92. The molecule has 0 atom stereocenters. The Morgan fingerprint density at radius 1 is 1.15 bits per heavy atom. The van der Waals surface area contributed by atoms with Crippen molar-refractivity contribution in [2.45, 2.75) is 6.92 Å². The fourth-order valence-electron chi connectivity index (χ4n) is 2.46. The summed E-state index contributed by atoms with van der Waals surface area (Å²) in [6.07, 6.45) is 0. The molecule has 0 aliphatic carbocycles. The lowest BCUT2D eigenvalue weighted by Crippen LogP contribution is -1.85. The van der Waals surface area contributed by atoms with Crippen molar-refractivity contribution in [1.82, 2.24) is 4.98 Å². The average molecular weight is 262 g/mol. The monoisotopic (exact) mass is 262 g/mol. The van der Waals surface area contributed by atoms with Crippen LogP contribution < -0.4 is 4.74 Å². The minimum Gasteiger partial charge on any atom is -0.497 e. The van der Waals surface area contributed by atoms with Crippen molar-refractivity contribution in [2.24, 2.45) is 0 Å². The predicted molar refractivity (Wildman–Crippen MR) is 79.7 cm³/mol. The first-order chi connectivity index (χ1) is 9.72. The second-order valence-corrected chi connectivity index (χ2v) is 4.73. The molecule has 98 valence electrons. The van der Waals surface area contributed by atoms with Gasteiger partial charge in [0.15, 0.2) is 0 Å². The number of nitrogens with one attached hydrogen (secondary N) is 1. The van der Waals surface area contributed by atoms with E-state index in [9.17, 15) is 0 Å². The van der Waals surface area contributed by atoms with Crippen LogP contribution in [0.15, 0.2) is 42.5 Å². The Balaban J connectivity index is 2.21. The maximum atomic E-state index is 9.00. The second-order valence-electron chi connectivity index (χ2n) is 4.73. The Morgan fingerprint density at radius 2 is 2.00 bits per heavy atom. The van der Waals surface area contributed by atoms with E-state index in [0.29, 0.717) is 5.56 Å². The molecule has 0 amide bonds. The van der Waals surface area contributed by atoms with Crippen molar-refractivity contribution >= 4 is 10.9 Å². The highest BCUT2D eigenvalue weighted by molar-refractivity contribution is 5.91. The summed E-state index contributed by atoms with van der Waals surface area (Å²) in [5.74, 6) is 0.832. The molecule has 0 aliphatic heterocycles. The Hall–Kier alpha value is -2.73. The molecule has 0 aliphatic rings. The van der Waals surface area contributed by atoms with Crippen molar-refractivity contribution < 1.29 is 4.74 Å². The summed E-state index contributed by atoms with van der Waals surface area (Å²) in [6.45, 7) is 2.06. The van der Waals surface area contributed by atoms with Gasteiger partial charge in [0.05, 0.1) is 18.7 Å². The molecular formula is C17H14N2O. The van der Waals surface area contributed by atoms with Crippen LogP contribution in [0.1, 0.15) is 11.1 Å². The number of aryl methyl sites for hydroxylation is 1. The molecule has 0 spiro atoms. The Labute approximate surface area is 117 Å². The molecule has 0 bridgehead atoms. The van der Waals surface area contributed by atoms with Crippen molar-refractivity contribution in [3.63, 3.8) is 0 Å². The van der Waals surface area contributed by atoms with Gasteiger partial charge < -0.3 is 9.72 Å². The number of aromatic nitrogens is 1. The van der Waals surface area contributed by atoms with E-state index >= 15 is 0 Å². The highest BCUT2D eigenvalue weighted by atomic mass is 16.5. The second kappa shape index (κ2) is 4.75. The molecule has 3 rings (SSSR count). The standard InChI is InChI=1S/C17H14N2O/c1-11-15-8-12(10-18)6-7-16(15)19-17(11)13-4-3-5-14(9-13)20-2/h3-9,19H,1-2H3. The van der Waals surface area contributed by atoms with E-state index in [2.05, 4.69) is 18.0 Å². The van der Waals surface area contributed by atoms with Crippen LogP contribution in [0.4, 0.5) is 0 Å². The number of hydrogen-bond donors (Lipinski definition) is 1. The number of benzene rings is 2. The number of ether oxygens (including phenoxy) is 1. The molecule has 0 unspecified atom stereocenters. The van der Waals surface area contributed by atoms with Gasteiger partial charge in [0.1, 0.15) is 5.75 Å². The van der Waals surface area contributed by atoms with E-state index in [0.717, 1.165) is 33.5 Å². The third-order valence-electron chi connectivity index (χ3n) is 3.55. The largest absolute Gasteiger partial charge is 0.497 e. The van der Waals surface area contributed by atoms with Gasteiger partial charge in [0, 0.05) is 22.2 Å². The van der Waals surface area contributed by atoms with Crippen LogP contribution in [0.25, 0.3) is 22.2 Å². The number of hydrogen-bond acceptors (Lipinski definition) is 2. The van der Waals surface area contributed by atoms with Gasteiger partial charge in [-0.3, -0.25) is 0 Å². The summed E-state index contributed by atoms with van der Waals surface area (Å²) in [6, 6.07) is 15.8. The SMILES string of the molecule is COc1cccc(-c2[nH]c3ccc(C#N)cc3c2C)c1. The maximum absolute atomic E-state index is 9.00. The zero-order valence-corrected chi connectivity index (χ0v) is 11.4. The first-order valence-electron chi connectivity index (χ1n) is 6.40. The highest BCUT2D eigenvalue weighted by Gasteiger charge is 2.10. The summed E-state index contributed by atoms with van der Waals surface area (Å²) >= 11 is 0. The number of rotatable bonds is 2. The molecule has 1 heterocycles. The highest BCUT2D eigenvalue weighted by Crippen LogP contribution is 2.31. The van der Waals surface area contributed by atoms with Gasteiger partial charge >= 0.3 is 0 Å². The van der Waals surface area contributed by atoms with Crippen LogP contribution in [0.3, 0.4) is 0 Å². The minimum absolute atomic E-state index is 0.678. The lowest BCUT2D eigenvalue weighted by Gasteiger charge is -2.04. The Morgan fingerprint density at radius 3 is 2.75 bits per heavy atom.